The zero-order chi connectivity index (χ0) is 23.3. The zero-order valence-electron chi connectivity index (χ0n) is 18.5. The van der Waals surface area contributed by atoms with Gasteiger partial charge in [0.25, 0.3) is 5.91 Å². The number of carbonyl (C=O) groups excluding carboxylic acids is 1. The number of hydrogen-bond donors (Lipinski definition) is 1. The topological polar surface area (TPSA) is 41.5 Å². The van der Waals surface area contributed by atoms with Crippen LogP contribution < -0.4 is 5.32 Å². The predicted molar refractivity (Wildman–Crippen MR) is 141 cm³/mol. The highest BCUT2D eigenvalue weighted by Gasteiger charge is 2.20. The number of benzene rings is 4. The average molecular weight is 483 g/mol. The van der Waals surface area contributed by atoms with Crippen molar-refractivity contribution in [2.75, 3.05) is 6.54 Å². The third-order valence-corrected chi connectivity index (χ3v) is 7.06. The van der Waals surface area contributed by atoms with E-state index >= 15 is 0 Å². The van der Waals surface area contributed by atoms with E-state index in [0.29, 0.717) is 17.1 Å². The molecule has 0 fully saturated rings. The van der Waals surface area contributed by atoms with Gasteiger partial charge in [0.2, 0.25) is 0 Å². The number of halogens is 1. The van der Waals surface area contributed by atoms with Crippen molar-refractivity contribution in [3.63, 3.8) is 0 Å². The molecule has 1 N–H and O–H groups in total. The zero-order valence-corrected chi connectivity index (χ0v) is 20.1. The molecule has 5 rings (SSSR count). The molecule has 4 aromatic carbocycles. The second kappa shape index (κ2) is 10.3. The molecule has 168 valence electrons. The van der Waals surface area contributed by atoms with Crippen molar-refractivity contribution in [1.82, 2.24) is 5.32 Å². The molecule has 1 heterocycles. The van der Waals surface area contributed by atoms with Crippen LogP contribution in [0.5, 0.6) is 0 Å². The number of aryl methyl sites for hydroxylation is 1. The lowest BCUT2D eigenvalue weighted by Gasteiger charge is -2.09. The molecule has 1 aliphatic rings. The van der Waals surface area contributed by atoms with Gasteiger partial charge >= 0.3 is 0 Å². The number of amides is 1. The van der Waals surface area contributed by atoms with Crippen molar-refractivity contribution >= 4 is 40.7 Å². The van der Waals surface area contributed by atoms with Crippen LogP contribution in [0.25, 0.3) is 0 Å². The summed E-state index contributed by atoms with van der Waals surface area (Å²) < 4.78 is 0. The molecule has 34 heavy (non-hydrogen) atoms. The number of carbonyl (C=O) groups is 1. The van der Waals surface area contributed by atoms with Crippen LogP contribution in [-0.4, -0.2) is 18.2 Å². The summed E-state index contributed by atoms with van der Waals surface area (Å²) in [6.07, 6.45) is 1.83. The maximum atomic E-state index is 12.9. The van der Waals surface area contributed by atoms with Gasteiger partial charge in [0.15, 0.2) is 0 Å². The monoisotopic (exact) mass is 482 g/mol. The van der Waals surface area contributed by atoms with Crippen molar-refractivity contribution in [1.29, 1.82) is 0 Å². The van der Waals surface area contributed by atoms with Gasteiger partial charge in [-0.3, -0.25) is 4.79 Å². The van der Waals surface area contributed by atoms with Crippen LogP contribution in [0.15, 0.2) is 112 Å². The first-order valence-electron chi connectivity index (χ1n) is 11.3. The number of hydrogen-bond acceptors (Lipinski definition) is 3. The Morgan fingerprint density at radius 1 is 0.853 bits per heavy atom. The molecule has 5 heteroatoms. The Bertz CT molecular complexity index is 1370. The van der Waals surface area contributed by atoms with Crippen molar-refractivity contribution < 1.29 is 4.79 Å². The van der Waals surface area contributed by atoms with E-state index in [2.05, 4.69) is 29.6 Å². The van der Waals surface area contributed by atoms with Gasteiger partial charge in [-0.1, -0.05) is 84.0 Å². The van der Waals surface area contributed by atoms with Crippen LogP contribution in [0.1, 0.15) is 33.5 Å². The van der Waals surface area contributed by atoms with Crippen molar-refractivity contribution in [2.45, 2.75) is 22.6 Å². The van der Waals surface area contributed by atoms with Gasteiger partial charge in [-0.2, -0.15) is 0 Å². The smallest absolute Gasteiger partial charge is 0.251 e. The van der Waals surface area contributed by atoms with Crippen LogP contribution in [-0.2, 0) is 6.42 Å². The minimum atomic E-state index is -0.0814. The van der Waals surface area contributed by atoms with Gasteiger partial charge in [-0.05, 0) is 54.8 Å². The van der Waals surface area contributed by atoms with Gasteiger partial charge in [-0.25, -0.2) is 4.99 Å². The highest BCUT2D eigenvalue weighted by Crippen LogP contribution is 2.41. The Labute approximate surface area is 208 Å². The first kappa shape index (κ1) is 22.5. The average Bonchev–Trinajstić information content (AvgIpc) is 3.03. The first-order valence-corrected chi connectivity index (χ1v) is 12.4. The van der Waals surface area contributed by atoms with E-state index in [1.165, 1.54) is 5.56 Å². The number of rotatable bonds is 6. The van der Waals surface area contributed by atoms with Crippen LogP contribution in [0.2, 0.25) is 5.02 Å². The van der Waals surface area contributed by atoms with Crippen LogP contribution in [0, 0.1) is 0 Å². The van der Waals surface area contributed by atoms with Crippen molar-refractivity contribution in [3.05, 3.63) is 124 Å². The third kappa shape index (κ3) is 5.09. The maximum Gasteiger partial charge on any atom is 0.251 e. The minimum Gasteiger partial charge on any atom is -0.352 e. The molecular weight excluding hydrogens is 460 g/mol. The van der Waals surface area contributed by atoms with E-state index in [0.717, 1.165) is 45.2 Å². The summed E-state index contributed by atoms with van der Waals surface area (Å²) in [5, 5.41) is 3.71. The molecule has 1 aliphatic heterocycles. The van der Waals surface area contributed by atoms with Crippen LogP contribution >= 0.6 is 23.4 Å². The van der Waals surface area contributed by atoms with E-state index in [9.17, 15) is 4.79 Å². The summed E-state index contributed by atoms with van der Waals surface area (Å²) in [7, 11) is 0. The van der Waals surface area contributed by atoms with Gasteiger partial charge in [0.05, 0.1) is 11.4 Å². The number of nitrogens with zero attached hydrogens (tertiary/aromatic N) is 1. The maximum absolute atomic E-state index is 12.9. The lowest BCUT2D eigenvalue weighted by Crippen LogP contribution is -2.24. The van der Waals surface area contributed by atoms with Gasteiger partial charge in [-0.15, -0.1) is 0 Å². The number of nitrogens with one attached hydrogen (secondary N) is 1. The molecule has 0 aromatic heterocycles. The second-order valence-electron chi connectivity index (χ2n) is 8.10. The van der Waals surface area contributed by atoms with E-state index < -0.39 is 0 Å². The Hall–Kier alpha value is -3.34. The first-order chi connectivity index (χ1) is 16.7. The summed E-state index contributed by atoms with van der Waals surface area (Å²) in [6, 6.07) is 32.0. The van der Waals surface area contributed by atoms with Gasteiger partial charge < -0.3 is 5.32 Å². The normalized spacial score (nSPS) is 12.2. The Morgan fingerprint density at radius 3 is 2.53 bits per heavy atom. The number of aliphatic imine (C=N–C) groups is 1. The quantitative estimate of drug-likeness (QED) is 0.257. The second-order valence-corrected chi connectivity index (χ2v) is 9.62. The van der Waals surface area contributed by atoms with Crippen molar-refractivity contribution in [3.8, 4) is 0 Å². The van der Waals surface area contributed by atoms with E-state index in [1.807, 2.05) is 72.8 Å². The standard InChI is InChI=1S/C29H23ClN2OS/c30-23-12-6-11-21(18-23)28-24-13-4-5-14-26(24)34-27-16-15-22(19-25(27)32-28)29(33)31-17-7-10-20-8-2-1-3-9-20/h1-6,8-9,11-16,18-19H,7,10,17H2,(H,31,33). The van der Waals surface area contributed by atoms with Gasteiger partial charge in [0, 0.05) is 38.0 Å². The largest absolute Gasteiger partial charge is 0.352 e. The molecule has 0 bridgehead atoms. The molecule has 0 atom stereocenters. The molecule has 0 saturated carbocycles. The summed E-state index contributed by atoms with van der Waals surface area (Å²) in [5.41, 5.74) is 5.53. The fourth-order valence-electron chi connectivity index (χ4n) is 3.98. The Kier molecular flexibility index (Phi) is 6.79. The van der Waals surface area contributed by atoms with Crippen LogP contribution in [0.4, 0.5) is 5.69 Å². The molecule has 0 radical (unpaired) electrons. The molecule has 0 saturated heterocycles. The highest BCUT2D eigenvalue weighted by molar-refractivity contribution is 7.99. The fourth-order valence-corrected chi connectivity index (χ4v) is 5.17. The molecule has 3 nitrogen and oxygen atoms in total. The summed E-state index contributed by atoms with van der Waals surface area (Å²) >= 11 is 7.95. The molecule has 4 aromatic rings. The molecular formula is C29H23ClN2OS. The lowest BCUT2D eigenvalue weighted by molar-refractivity contribution is 0.0953. The number of fused-ring (bicyclic) bond motifs is 2. The van der Waals surface area contributed by atoms with E-state index in [4.69, 9.17) is 16.6 Å². The molecule has 0 aliphatic carbocycles. The lowest BCUT2D eigenvalue weighted by atomic mass is 10.0. The highest BCUT2D eigenvalue weighted by atomic mass is 35.5. The van der Waals surface area contributed by atoms with E-state index in [-0.39, 0.29) is 5.91 Å². The SMILES string of the molecule is O=C(NCCCc1ccccc1)c1ccc2c(c1)N=C(c1cccc(Cl)c1)c1ccccc1S2. The summed E-state index contributed by atoms with van der Waals surface area (Å²) in [4.78, 5) is 20.0. The van der Waals surface area contributed by atoms with Crippen molar-refractivity contribution in [2.24, 2.45) is 4.99 Å². The molecule has 1 amide bonds. The Morgan fingerprint density at radius 2 is 1.68 bits per heavy atom. The minimum absolute atomic E-state index is 0.0814. The molecule has 0 spiro atoms. The van der Waals surface area contributed by atoms with Gasteiger partial charge in [0.1, 0.15) is 0 Å². The Balaban J connectivity index is 1.39. The molecule has 0 unspecified atom stereocenters. The third-order valence-electron chi connectivity index (χ3n) is 5.68. The van der Waals surface area contributed by atoms with Crippen LogP contribution in [0.3, 0.4) is 0 Å². The summed E-state index contributed by atoms with van der Waals surface area (Å²) in [6.45, 7) is 0.627. The predicted octanol–water partition coefficient (Wildman–Crippen LogP) is 7.34. The fraction of sp³-hybridized carbons (Fsp3) is 0.103. The van der Waals surface area contributed by atoms with E-state index in [1.54, 1.807) is 11.8 Å². The summed E-state index contributed by atoms with van der Waals surface area (Å²) in [5.74, 6) is -0.0814.